The molecule has 1 aromatic carbocycles. The van der Waals surface area contributed by atoms with Crippen LogP contribution in [0.2, 0.25) is 0 Å². The second kappa shape index (κ2) is 10.3. The van der Waals surface area contributed by atoms with Crippen LogP contribution in [0.15, 0.2) is 44.7 Å². The van der Waals surface area contributed by atoms with E-state index < -0.39 is 23.2 Å². The van der Waals surface area contributed by atoms with Gasteiger partial charge in [-0.25, -0.2) is 9.37 Å². The van der Waals surface area contributed by atoms with Gasteiger partial charge in [-0.3, -0.25) is 14.4 Å². The third kappa shape index (κ3) is 5.53. The monoisotopic (exact) mass is 512 g/mol. The van der Waals surface area contributed by atoms with Crippen LogP contribution in [0.3, 0.4) is 0 Å². The molecule has 36 heavy (non-hydrogen) atoms. The van der Waals surface area contributed by atoms with E-state index in [1.807, 2.05) is 20.8 Å². The Morgan fingerprint density at radius 3 is 2.69 bits per heavy atom. The van der Waals surface area contributed by atoms with Gasteiger partial charge in [-0.15, -0.1) is 0 Å². The van der Waals surface area contributed by atoms with Crippen LogP contribution in [0.4, 0.5) is 4.39 Å². The number of aryl methyl sites for hydroxylation is 1. The number of amides is 2. The number of benzene rings is 1. The van der Waals surface area contributed by atoms with Crippen molar-refractivity contribution < 1.29 is 18.4 Å². The van der Waals surface area contributed by atoms with Gasteiger partial charge >= 0.3 is 0 Å². The Morgan fingerprint density at radius 1 is 1.22 bits per heavy atom. The van der Waals surface area contributed by atoms with Crippen LogP contribution in [-0.2, 0) is 23.4 Å². The van der Waals surface area contributed by atoms with Crippen molar-refractivity contribution in [3.63, 3.8) is 0 Å². The summed E-state index contributed by atoms with van der Waals surface area (Å²) < 4.78 is 20.5. The van der Waals surface area contributed by atoms with Gasteiger partial charge in [0.2, 0.25) is 5.91 Å². The van der Waals surface area contributed by atoms with Crippen molar-refractivity contribution in [2.75, 3.05) is 7.05 Å². The highest BCUT2D eigenvalue weighted by molar-refractivity contribution is 7.98. The Morgan fingerprint density at radius 2 is 2.00 bits per heavy atom. The summed E-state index contributed by atoms with van der Waals surface area (Å²) in [6, 6.07) is 7.02. The Balaban J connectivity index is 1.44. The van der Waals surface area contributed by atoms with Gasteiger partial charge in [0.15, 0.2) is 10.9 Å². The average molecular weight is 513 g/mol. The van der Waals surface area contributed by atoms with Crippen molar-refractivity contribution in [3.05, 3.63) is 69.1 Å². The van der Waals surface area contributed by atoms with E-state index in [0.717, 1.165) is 30.5 Å². The molecule has 4 rings (SSSR count). The van der Waals surface area contributed by atoms with Crippen molar-refractivity contribution in [1.29, 1.82) is 0 Å². The van der Waals surface area contributed by atoms with Crippen molar-refractivity contribution in [2.24, 2.45) is 5.41 Å². The summed E-state index contributed by atoms with van der Waals surface area (Å²) in [5.41, 5.74) is 1.89. The number of H-pyrrole nitrogens is 1. The molecule has 0 radical (unpaired) electrons. The lowest BCUT2D eigenvalue weighted by molar-refractivity contribution is -0.124. The largest absolute Gasteiger partial charge is 0.451 e. The number of aromatic amines is 1. The maximum Gasteiger partial charge on any atom is 0.287 e. The van der Waals surface area contributed by atoms with Crippen molar-refractivity contribution in [2.45, 2.75) is 57.0 Å². The summed E-state index contributed by atoms with van der Waals surface area (Å²) >= 11 is 1.27. The fourth-order valence-electron chi connectivity index (χ4n) is 4.09. The van der Waals surface area contributed by atoms with Gasteiger partial charge < -0.3 is 20.0 Å². The van der Waals surface area contributed by atoms with Crippen LogP contribution in [0, 0.1) is 11.2 Å². The fourth-order valence-corrected chi connectivity index (χ4v) is 4.95. The fraction of sp³-hybridized carbons (Fsp3) is 0.385. The topological polar surface area (TPSA) is 117 Å². The van der Waals surface area contributed by atoms with Gasteiger partial charge in [0, 0.05) is 23.9 Å². The van der Waals surface area contributed by atoms with Gasteiger partial charge in [-0.2, -0.15) is 0 Å². The molecular formula is C26H29FN4O4S. The predicted octanol–water partition coefficient (Wildman–Crippen LogP) is 3.84. The minimum atomic E-state index is -0.757. The Labute approximate surface area is 212 Å². The minimum Gasteiger partial charge on any atom is -0.451 e. The number of nitrogens with one attached hydrogen (secondary N) is 3. The first-order valence-electron chi connectivity index (χ1n) is 11.7. The van der Waals surface area contributed by atoms with E-state index in [-0.39, 0.29) is 17.2 Å². The van der Waals surface area contributed by atoms with E-state index in [1.54, 1.807) is 18.2 Å². The van der Waals surface area contributed by atoms with E-state index in [1.165, 1.54) is 30.9 Å². The summed E-state index contributed by atoms with van der Waals surface area (Å²) in [5.74, 6) is -0.623. The Kier molecular flexibility index (Phi) is 7.35. The molecule has 0 fully saturated rings. The molecule has 2 heterocycles. The molecule has 3 N–H and O–H groups in total. The van der Waals surface area contributed by atoms with Crippen molar-refractivity contribution in [3.8, 4) is 11.3 Å². The van der Waals surface area contributed by atoms with Gasteiger partial charge in [0.1, 0.15) is 17.6 Å². The van der Waals surface area contributed by atoms with E-state index in [0.29, 0.717) is 27.8 Å². The molecule has 8 nitrogen and oxygen atoms in total. The third-order valence-corrected chi connectivity index (χ3v) is 7.02. The standard InChI is InChI=1S/C26H29FN4O4S/c1-26(2,3)21(24(34)28-4)30-23(33)20-11-10-19(35-20)14-8-9-15(17(27)12-14)13-36-25-29-18-7-5-6-16(18)22(32)31-25/h8-12,21H,5-7,13H2,1-4H3,(H,28,34)(H,30,33)(H,29,31,32)/t21-/m1/s1. The summed E-state index contributed by atoms with van der Waals surface area (Å²) in [4.78, 5) is 44.4. The first-order chi connectivity index (χ1) is 17.1. The molecule has 0 aliphatic heterocycles. The maximum atomic E-state index is 14.9. The second-order valence-corrected chi connectivity index (χ2v) is 10.8. The highest BCUT2D eigenvalue weighted by Gasteiger charge is 2.33. The molecule has 1 aliphatic carbocycles. The molecule has 2 aromatic heterocycles. The molecule has 0 saturated carbocycles. The summed E-state index contributed by atoms with van der Waals surface area (Å²) in [7, 11) is 1.51. The molecule has 2 amide bonds. The number of aromatic nitrogens is 2. The number of likely N-dealkylation sites (N-methyl/N-ethyl adjacent to an activating group) is 1. The number of carbonyl (C=O) groups excluding carboxylic acids is 2. The van der Waals surface area contributed by atoms with Crippen LogP contribution in [0.25, 0.3) is 11.3 Å². The summed E-state index contributed by atoms with van der Waals surface area (Å²) in [6.45, 7) is 5.55. The lowest BCUT2D eigenvalue weighted by Gasteiger charge is -2.29. The zero-order chi connectivity index (χ0) is 26.0. The molecule has 0 saturated heterocycles. The van der Waals surface area contributed by atoms with E-state index >= 15 is 0 Å². The van der Waals surface area contributed by atoms with Gasteiger partial charge in [-0.05, 0) is 48.4 Å². The molecule has 10 heteroatoms. The minimum absolute atomic E-state index is 0.0230. The molecule has 0 bridgehead atoms. The number of rotatable bonds is 7. The smallest absolute Gasteiger partial charge is 0.287 e. The summed E-state index contributed by atoms with van der Waals surface area (Å²) in [6.07, 6.45) is 2.47. The van der Waals surface area contributed by atoms with Crippen LogP contribution in [0.1, 0.15) is 54.6 Å². The summed E-state index contributed by atoms with van der Waals surface area (Å²) in [5, 5.41) is 5.75. The van der Waals surface area contributed by atoms with Crippen LogP contribution >= 0.6 is 11.8 Å². The van der Waals surface area contributed by atoms with Crippen LogP contribution in [-0.4, -0.2) is 34.9 Å². The molecule has 190 valence electrons. The molecule has 0 spiro atoms. The van der Waals surface area contributed by atoms with Crippen molar-refractivity contribution >= 4 is 23.6 Å². The second-order valence-electron chi connectivity index (χ2n) is 9.80. The van der Waals surface area contributed by atoms with Crippen LogP contribution < -0.4 is 16.2 Å². The van der Waals surface area contributed by atoms with Crippen LogP contribution in [0.5, 0.6) is 0 Å². The lowest BCUT2D eigenvalue weighted by Crippen LogP contribution is -2.52. The average Bonchev–Trinajstić information content (AvgIpc) is 3.50. The van der Waals surface area contributed by atoms with Gasteiger partial charge in [0.25, 0.3) is 11.5 Å². The maximum absolute atomic E-state index is 14.9. The zero-order valence-electron chi connectivity index (χ0n) is 20.7. The molecule has 1 aliphatic rings. The van der Waals surface area contributed by atoms with E-state index in [2.05, 4.69) is 20.6 Å². The number of furan rings is 1. The van der Waals surface area contributed by atoms with Gasteiger partial charge in [-0.1, -0.05) is 44.7 Å². The highest BCUT2D eigenvalue weighted by atomic mass is 32.2. The predicted molar refractivity (Wildman–Crippen MR) is 135 cm³/mol. The molecule has 3 aromatic rings. The number of thioether (sulfide) groups is 1. The van der Waals surface area contributed by atoms with E-state index in [4.69, 9.17) is 4.42 Å². The third-order valence-electron chi connectivity index (χ3n) is 6.10. The zero-order valence-corrected chi connectivity index (χ0v) is 21.5. The van der Waals surface area contributed by atoms with Crippen molar-refractivity contribution in [1.82, 2.24) is 20.6 Å². The SMILES string of the molecule is CNC(=O)[C@@H](NC(=O)c1ccc(-c2ccc(CSc3nc4c(c(=O)[nH]3)CCC4)c(F)c2)o1)C(C)(C)C. The normalized spacial score (nSPS) is 13.8. The molecule has 0 unspecified atom stereocenters. The number of fused-ring (bicyclic) bond motifs is 1. The molecule has 1 atom stereocenters. The lowest BCUT2D eigenvalue weighted by atomic mass is 9.86. The Bertz CT molecular complexity index is 1360. The first kappa shape index (κ1) is 25.7. The number of carbonyl (C=O) groups is 2. The number of nitrogens with zero attached hydrogens (tertiary/aromatic N) is 1. The Hall–Kier alpha value is -3.40. The number of hydrogen-bond donors (Lipinski definition) is 3. The van der Waals surface area contributed by atoms with Gasteiger partial charge in [0.05, 0.1) is 5.69 Å². The first-order valence-corrected chi connectivity index (χ1v) is 12.7. The van der Waals surface area contributed by atoms with E-state index in [9.17, 15) is 18.8 Å². The number of hydrogen-bond acceptors (Lipinski definition) is 6. The number of halogens is 1. The quantitative estimate of drug-likeness (QED) is 0.327. The molecular weight excluding hydrogens is 483 g/mol. The highest BCUT2D eigenvalue weighted by Crippen LogP contribution is 2.28.